The molecule has 0 aliphatic heterocycles. The minimum atomic E-state index is -4.37. The van der Waals surface area contributed by atoms with E-state index in [1.54, 1.807) is 37.9 Å². The lowest BCUT2D eigenvalue weighted by Gasteiger charge is -2.20. The second-order valence-electron chi connectivity index (χ2n) is 6.23. The van der Waals surface area contributed by atoms with Gasteiger partial charge in [0.2, 0.25) is 5.91 Å². The van der Waals surface area contributed by atoms with Crippen molar-refractivity contribution >= 4 is 18.3 Å². The number of hydrogen-bond donors (Lipinski definition) is 1. The highest BCUT2D eigenvalue weighted by molar-refractivity contribution is 5.85. The molecule has 1 unspecified atom stereocenters. The van der Waals surface area contributed by atoms with Crippen molar-refractivity contribution in [3.05, 3.63) is 28.8 Å². The summed E-state index contributed by atoms with van der Waals surface area (Å²) in [6.07, 6.45) is -3.38. The number of hydrogen-bond acceptors (Lipinski definition) is 3. The summed E-state index contributed by atoms with van der Waals surface area (Å²) in [5.41, 5.74) is 7.73. The van der Waals surface area contributed by atoms with Crippen molar-refractivity contribution in [2.75, 3.05) is 13.7 Å². The van der Waals surface area contributed by atoms with E-state index >= 15 is 0 Å². The fraction of sp³-hybridized carbons (Fsp3) is 0.588. The van der Waals surface area contributed by atoms with Gasteiger partial charge >= 0.3 is 6.18 Å². The summed E-state index contributed by atoms with van der Waals surface area (Å²) in [6.45, 7) is 4.31. The van der Waals surface area contributed by atoms with Crippen LogP contribution in [0.25, 0.3) is 0 Å². The molecule has 8 heteroatoms. The predicted molar refractivity (Wildman–Crippen MR) is 94.1 cm³/mol. The van der Waals surface area contributed by atoms with Crippen LogP contribution < -0.4 is 10.5 Å². The number of carbonyl (C=O) groups is 1. The molecule has 1 amide bonds. The Morgan fingerprint density at radius 2 is 1.80 bits per heavy atom. The molecule has 0 aliphatic rings. The Hall–Kier alpha value is -1.47. The minimum Gasteiger partial charge on any atom is -0.484 e. The van der Waals surface area contributed by atoms with Gasteiger partial charge in [0.25, 0.3) is 0 Å². The van der Waals surface area contributed by atoms with Crippen molar-refractivity contribution < 1.29 is 22.7 Å². The Morgan fingerprint density at radius 3 is 2.24 bits per heavy atom. The van der Waals surface area contributed by atoms with E-state index in [1.165, 1.54) is 0 Å². The molecule has 1 aromatic rings. The van der Waals surface area contributed by atoms with Crippen LogP contribution >= 0.6 is 12.4 Å². The molecule has 0 bridgehead atoms. The van der Waals surface area contributed by atoms with Crippen LogP contribution in [0.15, 0.2) is 12.1 Å². The number of nitrogens with two attached hydrogens (primary N) is 1. The molecule has 1 atom stereocenters. The standard InChI is InChI=1S/C17H25F3N2O2.ClH/c1-11-7-14(9-22(4)15(23)6-5-13(3)21)8-12(2)16(11)24-10-17(18,19)20;/h7-8,13H,5-6,9-10,21H2,1-4H3;1H. The maximum absolute atomic E-state index is 12.3. The molecule has 0 spiro atoms. The van der Waals surface area contributed by atoms with E-state index in [2.05, 4.69) is 0 Å². The van der Waals surface area contributed by atoms with Crippen molar-refractivity contribution in [3.63, 3.8) is 0 Å². The first-order valence-corrected chi connectivity index (χ1v) is 7.79. The Balaban J connectivity index is 0.00000576. The third-order valence-electron chi connectivity index (χ3n) is 3.56. The largest absolute Gasteiger partial charge is 0.484 e. The topological polar surface area (TPSA) is 55.6 Å². The van der Waals surface area contributed by atoms with Crippen molar-refractivity contribution in [1.82, 2.24) is 4.90 Å². The summed E-state index contributed by atoms with van der Waals surface area (Å²) in [4.78, 5) is 13.6. The molecule has 0 saturated heterocycles. The number of carbonyl (C=O) groups excluding carboxylic acids is 1. The number of alkyl halides is 3. The van der Waals surface area contributed by atoms with Gasteiger partial charge in [0.1, 0.15) is 5.75 Å². The molecular formula is C17H26ClF3N2O2. The van der Waals surface area contributed by atoms with Crippen LogP contribution in [0.2, 0.25) is 0 Å². The number of ether oxygens (including phenoxy) is 1. The van der Waals surface area contributed by atoms with E-state index in [9.17, 15) is 18.0 Å². The maximum atomic E-state index is 12.3. The summed E-state index contributed by atoms with van der Waals surface area (Å²) in [5, 5.41) is 0. The summed E-state index contributed by atoms with van der Waals surface area (Å²) in [5.74, 6) is 0.224. The van der Waals surface area contributed by atoms with Crippen LogP contribution in [-0.4, -0.2) is 36.7 Å². The normalized spacial score (nSPS) is 12.3. The number of aryl methyl sites for hydroxylation is 2. The lowest BCUT2D eigenvalue weighted by Crippen LogP contribution is -2.28. The zero-order valence-electron chi connectivity index (χ0n) is 14.9. The van der Waals surface area contributed by atoms with E-state index in [4.69, 9.17) is 10.5 Å². The van der Waals surface area contributed by atoms with E-state index in [0.29, 0.717) is 30.5 Å². The first kappa shape index (κ1) is 23.5. The lowest BCUT2D eigenvalue weighted by atomic mass is 10.0. The Labute approximate surface area is 152 Å². The fourth-order valence-corrected chi connectivity index (χ4v) is 2.42. The van der Waals surface area contributed by atoms with E-state index in [-0.39, 0.29) is 30.1 Å². The molecule has 4 nitrogen and oxygen atoms in total. The summed E-state index contributed by atoms with van der Waals surface area (Å²) in [7, 11) is 1.70. The highest BCUT2D eigenvalue weighted by Gasteiger charge is 2.29. The highest BCUT2D eigenvalue weighted by Crippen LogP contribution is 2.27. The molecule has 0 fully saturated rings. The van der Waals surface area contributed by atoms with Gasteiger partial charge in [-0.2, -0.15) is 13.2 Å². The zero-order valence-corrected chi connectivity index (χ0v) is 15.8. The molecule has 0 aromatic heterocycles. The van der Waals surface area contributed by atoms with Crippen molar-refractivity contribution in [3.8, 4) is 5.75 Å². The van der Waals surface area contributed by atoms with Crippen LogP contribution in [0.1, 0.15) is 36.5 Å². The quantitative estimate of drug-likeness (QED) is 0.781. The maximum Gasteiger partial charge on any atom is 0.422 e. The first-order chi connectivity index (χ1) is 11.0. The lowest BCUT2D eigenvalue weighted by molar-refractivity contribution is -0.153. The van der Waals surface area contributed by atoms with Gasteiger partial charge in [-0.15, -0.1) is 12.4 Å². The van der Waals surface area contributed by atoms with Gasteiger partial charge in [0, 0.05) is 26.1 Å². The van der Waals surface area contributed by atoms with E-state index in [0.717, 1.165) is 5.56 Å². The zero-order chi connectivity index (χ0) is 18.5. The van der Waals surface area contributed by atoms with Gasteiger partial charge in [-0.25, -0.2) is 0 Å². The number of amides is 1. The van der Waals surface area contributed by atoms with E-state index < -0.39 is 12.8 Å². The van der Waals surface area contributed by atoms with Gasteiger partial charge in [0.05, 0.1) is 0 Å². The Bertz CT molecular complexity index is 554. The van der Waals surface area contributed by atoms with E-state index in [1.807, 2.05) is 6.92 Å². The summed E-state index contributed by atoms with van der Waals surface area (Å²) >= 11 is 0. The fourth-order valence-electron chi connectivity index (χ4n) is 2.42. The second-order valence-corrected chi connectivity index (χ2v) is 6.23. The number of benzene rings is 1. The van der Waals surface area contributed by atoms with Crippen molar-refractivity contribution in [2.45, 2.75) is 52.4 Å². The number of nitrogens with zero attached hydrogens (tertiary/aromatic N) is 1. The smallest absolute Gasteiger partial charge is 0.422 e. The van der Waals surface area contributed by atoms with Crippen LogP contribution in [-0.2, 0) is 11.3 Å². The van der Waals surface area contributed by atoms with Crippen LogP contribution in [0.4, 0.5) is 13.2 Å². The number of halogens is 4. The van der Waals surface area contributed by atoms with Gasteiger partial charge < -0.3 is 15.4 Å². The average molecular weight is 383 g/mol. The molecule has 0 radical (unpaired) electrons. The van der Waals surface area contributed by atoms with Crippen LogP contribution in [0.3, 0.4) is 0 Å². The monoisotopic (exact) mass is 382 g/mol. The van der Waals surface area contributed by atoms with Gasteiger partial charge in [-0.1, -0.05) is 12.1 Å². The molecule has 1 rings (SSSR count). The van der Waals surface area contributed by atoms with Crippen LogP contribution in [0.5, 0.6) is 5.75 Å². The Morgan fingerprint density at radius 1 is 1.28 bits per heavy atom. The van der Waals surface area contributed by atoms with Gasteiger partial charge in [-0.3, -0.25) is 4.79 Å². The Kier molecular flexibility index (Phi) is 9.29. The number of rotatable bonds is 7. The summed E-state index contributed by atoms with van der Waals surface area (Å²) < 4.78 is 41.8. The molecule has 144 valence electrons. The molecule has 0 aliphatic carbocycles. The van der Waals surface area contributed by atoms with Crippen LogP contribution in [0, 0.1) is 13.8 Å². The first-order valence-electron chi connectivity index (χ1n) is 7.79. The third kappa shape index (κ3) is 8.45. The molecule has 25 heavy (non-hydrogen) atoms. The average Bonchev–Trinajstić information content (AvgIpc) is 2.42. The molecule has 0 heterocycles. The minimum absolute atomic E-state index is 0. The van der Waals surface area contributed by atoms with Gasteiger partial charge in [0.15, 0.2) is 6.61 Å². The molecular weight excluding hydrogens is 357 g/mol. The SMILES string of the molecule is Cc1cc(CN(C)C(=O)CCC(C)N)cc(C)c1OCC(F)(F)F.Cl. The highest BCUT2D eigenvalue weighted by atomic mass is 35.5. The predicted octanol–water partition coefficient (Wildman–Crippen LogP) is 3.75. The summed E-state index contributed by atoms with van der Waals surface area (Å²) in [6, 6.07) is 3.46. The van der Waals surface area contributed by atoms with Gasteiger partial charge in [-0.05, 0) is 43.9 Å². The molecule has 1 aromatic carbocycles. The third-order valence-corrected chi connectivity index (χ3v) is 3.56. The molecule has 0 saturated carbocycles. The second kappa shape index (κ2) is 9.87. The van der Waals surface area contributed by atoms with Crippen molar-refractivity contribution in [1.29, 1.82) is 0 Å². The molecule has 2 N–H and O–H groups in total. The van der Waals surface area contributed by atoms with Crippen molar-refractivity contribution in [2.24, 2.45) is 5.73 Å².